The molecule has 23 heavy (non-hydrogen) atoms. The molecule has 0 aromatic heterocycles. The molecule has 3 N–H and O–H groups in total. The van der Waals surface area contributed by atoms with Crippen molar-refractivity contribution in [2.24, 2.45) is 5.92 Å². The van der Waals surface area contributed by atoms with Crippen LogP contribution in [0, 0.1) is 5.92 Å². The molecular weight excluding hydrogens is 330 g/mol. The number of benzene rings is 1. The SMILES string of the molecule is CCOc1cc(CNCC2CNCC2O)ccc1OC(F)F.Cl. The highest BCUT2D eigenvalue weighted by Crippen LogP contribution is 2.29. The summed E-state index contributed by atoms with van der Waals surface area (Å²) in [6, 6.07) is 4.90. The first-order valence-electron chi connectivity index (χ1n) is 7.40. The van der Waals surface area contributed by atoms with Crippen LogP contribution >= 0.6 is 12.4 Å². The van der Waals surface area contributed by atoms with E-state index in [-0.39, 0.29) is 30.2 Å². The van der Waals surface area contributed by atoms with Gasteiger partial charge in [-0.15, -0.1) is 12.4 Å². The predicted molar refractivity (Wildman–Crippen MR) is 85.6 cm³/mol. The van der Waals surface area contributed by atoms with Gasteiger partial charge in [0.1, 0.15) is 0 Å². The molecule has 0 amide bonds. The van der Waals surface area contributed by atoms with E-state index in [1.54, 1.807) is 19.1 Å². The number of aliphatic hydroxyl groups excluding tert-OH is 1. The summed E-state index contributed by atoms with van der Waals surface area (Å²) in [4.78, 5) is 0. The number of nitrogens with one attached hydrogen (secondary N) is 2. The molecule has 1 aromatic carbocycles. The third kappa shape index (κ3) is 6.10. The van der Waals surface area contributed by atoms with Crippen LogP contribution in [-0.2, 0) is 6.54 Å². The molecule has 8 heteroatoms. The zero-order chi connectivity index (χ0) is 15.9. The van der Waals surface area contributed by atoms with Gasteiger partial charge in [0.25, 0.3) is 0 Å². The smallest absolute Gasteiger partial charge is 0.387 e. The molecule has 0 spiro atoms. The molecule has 0 saturated carbocycles. The van der Waals surface area contributed by atoms with Gasteiger partial charge in [-0.25, -0.2) is 0 Å². The lowest BCUT2D eigenvalue weighted by Gasteiger charge is -2.15. The minimum absolute atomic E-state index is 0. The molecule has 2 atom stereocenters. The van der Waals surface area contributed by atoms with Gasteiger partial charge in [-0.05, 0) is 24.6 Å². The summed E-state index contributed by atoms with van der Waals surface area (Å²) < 4.78 is 34.4. The van der Waals surface area contributed by atoms with Gasteiger partial charge >= 0.3 is 6.61 Å². The second-order valence-corrected chi connectivity index (χ2v) is 5.21. The van der Waals surface area contributed by atoms with Crippen molar-refractivity contribution in [2.45, 2.75) is 26.2 Å². The zero-order valence-corrected chi connectivity index (χ0v) is 13.7. The van der Waals surface area contributed by atoms with Crippen molar-refractivity contribution in [1.29, 1.82) is 0 Å². The average molecular weight is 353 g/mol. The van der Waals surface area contributed by atoms with Crippen LogP contribution in [0.25, 0.3) is 0 Å². The van der Waals surface area contributed by atoms with Crippen molar-refractivity contribution in [2.75, 3.05) is 26.2 Å². The fraction of sp³-hybridized carbons (Fsp3) is 0.600. The molecular formula is C15H23ClF2N2O3. The summed E-state index contributed by atoms with van der Waals surface area (Å²) in [7, 11) is 0. The van der Waals surface area contributed by atoms with Gasteiger partial charge in [-0.3, -0.25) is 0 Å². The van der Waals surface area contributed by atoms with E-state index < -0.39 is 6.61 Å². The van der Waals surface area contributed by atoms with E-state index in [4.69, 9.17) is 4.74 Å². The summed E-state index contributed by atoms with van der Waals surface area (Å²) >= 11 is 0. The molecule has 2 unspecified atom stereocenters. The molecule has 2 rings (SSSR count). The highest BCUT2D eigenvalue weighted by Gasteiger charge is 2.24. The number of ether oxygens (including phenoxy) is 2. The molecule has 1 aliphatic rings. The lowest BCUT2D eigenvalue weighted by atomic mass is 10.1. The number of halogens is 3. The number of alkyl halides is 2. The summed E-state index contributed by atoms with van der Waals surface area (Å²) in [5, 5.41) is 16.1. The standard InChI is InChI=1S/C15H22F2N2O3.ClH/c1-2-21-14-5-10(3-4-13(14)22-15(16)17)6-18-7-11-8-19-9-12(11)20;/h3-5,11-12,15,18-20H,2,6-9H2,1H3;1H. The third-order valence-corrected chi connectivity index (χ3v) is 3.56. The van der Waals surface area contributed by atoms with Crippen LogP contribution in [0.1, 0.15) is 12.5 Å². The molecule has 1 aromatic rings. The minimum Gasteiger partial charge on any atom is -0.490 e. The number of hydrogen-bond acceptors (Lipinski definition) is 5. The first-order chi connectivity index (χ1) is 10.6. The number of hydrogen-bond donors (Lipinski definition) is 3. The molecule has 1 fully saturated rings. The van der Waals surface area contributed by atoms with Gasteiger partial charge in [0.15, 0.2) is 11.5 Å². The molecule has 1 aliphatic heterocycles. The quantitative estimate of drug-likeness (QED) is 0.665. The van der Waals surface area contributed by atoms with Crippen LogP contribution in [0.2, 0.25) is 0 Å². The Morgan fingerprint density at radius 3 is 2.74 bits per heavy atom. The van der Waals surface area contributed by atoms with E-state index in [1.807, 2.05) is 0 Å². The van der Waals surface area contributed by atoms with Crippen LogP contribution in [0.5, 0.6) is 11.5 Å². The Morgan fingerprint density at radius 2 is 2.13 bits per heavy atom. The summed E-state index contributed by atoms with van der Waals surface area (Å²) in [5.41, 5.74) is 0.908. The molecule has 0 aliphatic carbocycles. The molecule has 0 radical (unpaired) electrons. The highest BCUT2D eigenvalue weighted by molar-refractivity contribution is 5.85. The Kier molecular flexibility index (Phi) is 8.54. The second-order valence-electron chi connectivity index (χ2n) is 5.21. The normalized spacial score (nSPS) is 20.4. The molecule has 1 heterocycles. The molecule has 0 bridgehead atoms. The maximum atomic E-state index is 12.3. The topological polar surface area (TPSA) is 62.8 Å². The Bertz CT molecular complexity index is 480. The van der Waals surface area contributed by atoms with Gasteiger partial charge in [-0.1, -0.05) is 6.07 Å². The summed E-state index contributed by atoms with van der Waals surface area (Å²) in [6.07, 6.45) is -0.326. The fourth-order valence-electron chi connectivity index (χ4n) is 2.45. The summed E-state index contributed by atoms with van der Waals surface area (Å²) in [5.74, 6) is 0.536. The maximum absolute atomic E-state index is 12.3. The van der Waals surface area contributed by atoms with Crippen molar-refractivity contribution >= 4 is 12.4 Å². The molecule has 5 nitrogen and oxygen atoms in total. The first kappa shape index (κ1) is 19.9. The van der Waals surface area contributed by atoms with Gasteiger partial charge in [-0.2, -0.15) is 8.78 Å². The highest BCUT2D eigenvalue weighted by atomic mass is 35.5. The zero-order valence-electron chi connectivity index (χ0n) is 12.9. The van der Waals surface area contributed by atoms with Crippen molar-refractivity contribution in [3.63, 3.8) is 0 Å². The van der Waals surface area contributed by atoms with E-state index in [1.165, 1.54) is 6.07 Å². The third-order valence-electron chi connectivity index (χ3n) is 3.56. The number of aliphatic hydroxyl groups is 1. The lowest BCUT2D eigenvalue weighted by Crippen LogP contribution is -2.30. The van der Waals surface area contributed by atoms with Crippen molar-refractivity contribution in [3.8, 4) is 11.5 Å². The van der Waals surface area contributed by atoms with E-state index in [2.05, 4.69) is 15.4 Å². The van der Waals surface area contributed by atoms with Crippen LogP contribution in [-0.4, -0.2) is 44.1 Å². The van der Waals surface area contributed by atoms with Crippen molar-refractivity contribution in [1.82, 2.24) is 10.6 Å². The number of rotatable bonds is 8. The van der Waals surface area contributed by atoms with Crippen molar-refractivity contribution in [3.05, 3.63) is 23.8 Å². The van der Waals surface area contributed by atoms with E-state index in [0.717, 1.165) is 12.1 Å². The van der Waals surface area contributed by atoms with E-state index in [0.29, 0.717) is 32.0 Å². The molecule has 1 saturated heterocycles. The van der Waals surface area contributed by atoms with Crippen LogP contribution in [0.4, 0.5) is 8.78 Å². The largest absolute Gasteiger partial charge is 0.490 e. The Hall–Kier alpha value is -1.15. The average Bonchev–Trinajstić information content (AvgIpc) is 2.87. The Morgan fingerprint density at radius 1 is 1.35 bits per heavy atom. The Labute approximate surface area is 140 Å². The minimum atomic E-state index is -2.88. The van der Waals surface area contributed by atoms with Gasteiger partial charge in [0, 0.05) is 32.1 Å². The van der Waals surface area contributed by atoms with Gasteiger partial charge < -0.3 is 25.2 Å². The van der Waals surface area contributed by atoms with Gasteiger partial charge in [0.2, 0.25) is 0 Å². The van der Waals surface area contributed by atoms with Crippen LogP contribution in [0.15, 0.2) is 18.2 Å². The first-order valence-corrected chi connectivity index (χ1v) is 7.40. The van der Waals surface area contributed by atoms with Gasteiger partial charge in [0.05, 0.1) is 12.7 Å². The van der Waals surface area contributed by atoms with Crippen molar-refractivity contribution < 1.29 is 23.4 Å². The monoisotopic (exact) mass is 352 g/mol. The fourth-order valence-corrected chi connectivity index (χ4v) is 2.45. The molecule has 132 valence electrons. The maximum Gasteiger partial charge on any atom is 0.387 e. The van der Waals surface area contributed by atoms with Crippen LogP contribution in [0.3, 0.4) is 0 Å². The Balaban J connectivity index is 0.00000264. The second kappa shape index (κ2) is 9.87. The van der Waals surface area contributed by atoms with E-state index in [9.17, 15) is 13.9 Å². The summed E-state index contributed by atoms with van der Waals surface area (Å²) in [6.45, 7) is 1.95. The predicted octanol–water partition coefficient (Wildman–Crippen LogP) is 1.78. The lowest BCUT2D eigenvalue weighted by molar-refractivity contribution is -0.0514. The van der Waals surface area contributed by atoms with Crippen LogP contribution < -0.4 is 20.1 Å². The number of β-amino-alcohol motifs (C(OH)–C–C–N with tert-alkyl or cyclic N) is 1. The van der Waals surface area contributed by atoms with E-state index >= 15 is 0 Å².